The zero-order chi connectivity index (χ0) is 21.9. The monoisotopic (exact) mass is 452 g/mol. The van der Waals surface area contributed by atoms with Crippen LogP contribution in [-0.4, -0.2) is 41.2 Å². The first-order valence-corrected chi connectivity index (χ1v) is 11.9. The Kier molecular flexibility index (Phi) is 6.10. The summed E-state index contributed by atoms with van der Waals surface area (Å²) in [4.78, 5) is 22.6. The smallest absolute Gasteiger partial charge is 0.261 e. The average Bonchev–Trinajstić information content (AvgIpc) is 3.49. The quantitative estimate of drug-likeness (QED) is 0.423. The lowest BCUT2D eigenvalue weighted by Crippen LogP contribution is -2.33. The minimum Gasteiger partial charge on any atom is -0.368 e. The van der Waals surface area contributed by atoms with Gasteiger partial charge >= 0.3 is 0 Å². The number of carbonyl (C=O) groups is 2. The minimum atomic E-state index is -4.03. The van der Waals surface area contributed by atoms with Crippen LogP contribution in [0.3, 0.4) is 0 Å². The van der Waals surface area contributed by atoms with Gasteiger partial charge in [-0.3, -0.25) is 14.3 Å². The molecular formula is C18H20N4O6S2. The molecule has 160 valence electrons. The van der Waals surface area contributed by atoms with E-state index < -0.39 is 31.9 Å². The molecule has 12 heteroatoms. The summed E-state index contributed by atoms with van der Waals surface area (Å²) >= 11 is 0. The second-order valence-electron chi connectivity index (χ2n) is 6.70. The van der Waals surface area contributed by atoms with Crippen molar-refractivity contribution >= 4 is 37.5 Å². The topological polar surface area (TPSA) is 165 Å². The second kappa shape index (κ2) is 8.42. The highest BCUT2D eigenvalue weighted by Crippen LogP contribution is 2.23. The number of primary amides is 1. The maximum atomic E-state index is 12.6. The van der Waals surface area contributed by atoms with E-state index in [4.69, 9.17) is 5.73 Å². The molecule has 2 aromatic carbocycles. The molecule has 0 aromatic heterocycles. The summed E-state index contributed by atoms with van der Waals surface area (Å²) in [6.45, 7) is -0.348. The van der Waals surface area contributed by atoms with Crippen LogP contribution in [0.1, 0.15) is 23.2 Å². The molecule has 0 heterocycles. The molecule has 0 spiro atoms. The van der Waals surface area contributed by atoms with Gasteiger partial charge in [-0.25, -0.2) is 21.6 Å². The van der Waals surface area contributed by atoms with Crippen LogP contribution in [-0.2, 0) is 24.8 Å². The first-order chi connectivity index (χ1) is 14.1. The maximum Gasteiger partial charge on any atom is 0.261 e. The summed E-state index contributed by atoms with van der Waals surface area (Å²) < 4.78 is 54.4. The summed E-state index contributed by atoms with van der Waals surface area (Å²) in [6.07, 6.45) is 1.57. The number of carbonyl (C=O) groups excluding carboxylic acids is 2. The van der Waals surface area contributed by atoms with E-state index in [-0.39, 0.29) is 33.6 Å². The largest absolute Gasteiger partial charge is 0.368 e. The summed E-state index contributed by atoms with van der Waals surface area (Å²) in [5, 5.41) is 2.30. The molecule has 0 unspecified atom stereocenters. The number of rotatable bonds is 9. The Hall–Kier alpha value is -2.96. The van der Waals surface area contributed by atoms with Gasteiger partial charge in [-0.05, 0) is 55.3 Å². The molecule has 0 aliphatic heterocycles. The molecule has 2 aromatic rings. The Bertz CT molecular complexity index is 1170. The van der Waals surface area contributed by atoms with E-state index in [0.717, 1.165) is 12.8 Å². The number of anilines is 1. The van der Waals surface area contributed by atoms with Crippen molar-refractivity contribution in [3.63, 3.8) is 0 Å². The van der Waals surface area contributed by atoms with Gasteiger partial charge in [0.2, 0.25) is 15.9 Å². The molecule has 1 aliphatic carbocycles. The van der Waals surface area contributed by atoms with Crippen LogP contribution in [0.4, 0.5) is 5.69 Å². The summed E-state index contributed by atoms with van der Waals surface area (Å²) in [5.74, 6) is -1.30. The zero-order valence-corrected chi connectivity index (χ0v) is 17.3. The number of nitrogens with one attached hydrogen (secondary N) is 3. The van der Waals surface area contributed by atoms with Crippen molar-refractivity contribution in [3.8, 4) is 0 Å². The molecule has 30 heavy (non-hydrogen) atoms. The van der Waals surface area contributed by atoms with E-state index >= 15 is 0 Å². The van der Waals surface area contributed by atoms with Crippen molar-refractivity contribution in [2.75, 3.05) is 11.3 Å². The predicted octanol–water partition coefficient (Wildman–Crippen LogP) is 0.143. The molecule has 3 rings (SSSR count). The fourth-order valence-corrected chi connectivity index (χ4v) is 4.85. The van der Waals surface area contributed by atoms with Crippen LogP contribution in [0.25, 0.3) is 0 Å². The fourth-order valence-electron chi connectivity index (χ4n) is 2.49. The standard InChI is InChI=1S/C18H20N4O6S2/c19-17(23)11-20-18(24)12-2-1-3-14(10-12)22-30(27,28)16-8-6-15(7-9-16)29(25,26)21-13-4-5-13/h1-3,6-10,13,21-22H,4-5,11H2,(H2,19,23)(H,20,24). The van der Waals surface area contributed by atoms with Crippen LogP contribution < -0.4 is 20.5 Å². The molecule has 1 aliphatic rings. The first kappa shape index (κ1) is 21.7. The molecule has 2 amide bonds. The molecule has 10 nitrogen and oxygen atoms in total. The molecule has 0 radical (unpaired) electrons. The number of sulfonamides is 2. The molecule has 0 atom stereocenters. The normalized spacial score (nSPS) is 14.1. The predicted molar refractivity (Wildman–Crippen MR) is 109 cm³/mol. The Morgan fingerprint density at radius 2 is 1.53 bits per heavy atom. The van der Waals surface area contributed by atoms with Crippen LogP contribution in [0, 0.1) is 0 Å². The third-order valence-electron chi connectivity index (χ3n) is 4.14. The van der Waals surface area contributed by atoms with Crippen molar-refractivity contribution in [3.05, 3.63) is 54.1 Å². The van der Waals surface area contributed by atoms with Crippen LogP contribution >= 0.6 is 0 Å². The zero-order valence-electron chi connectivity index (χ0n) is 15.7. The molecule has 0 saturated heterocycles. The van der Waals surface area contributed by atoms with Crippen LogP contribution in [0.5, 0.6) is 0 Å². The molecule has 1 fully saturated rings. The van der Waals surface area contributed by atoms with E-state index in [0.29, 0.717) is 0 Å². The highest BCUT2D eigenvalue weighted by Gasteiger charge is 2.28. The van der Waals surface area contributed by atoms with E-state index in [1.807, 2.05) is 0 Å². The van der Waals surface area contributed by atoms with Crippen LogP contribution in [0.15, 0.2) is 58.3 Å². The Morgan fingerprint density at radius 1 is 0.933 bits per heavy atom. The van der Waals surface area contributed by atoms with Gasteiger partial charge < -0.3 is 11.1 Å². The summed E-state index contributed by atoms with van der Waals surface area (Å²) in [6, 6.07) is 10.4. The van der Waals surface area contributed by atoms with Gasteiger partial charge in [-0.2, -0.15) is 0 Å². The van der Waals surface area contributed by atoms with Gasteiger partial charge in [0.15, 0.2) is 0 Å². The van der Waals surface area contributed by atoms with Gasteiger partial charge in [0.05, 0.1) is 16.3 Å². The average molecular weight is 453 g/mol. The number of nitrogens with two attached hydrogens (primary N) is 1. The number of benzene rings is 2. The summed E-state index contributed by atoms with van der Waals surface area (Å²) in [7, 11) is -7.71. The van der Waals surface area contributed by atoms with Gasteiger partial charge in [-0.15, -0.1) is 0 Å². The lowest BCUT2D eigenvalue weighted by atomic mass is 10.2. The van der Waals surface area contributed by atoms with E-state index in [1.165, 1.54) is 48.5 Å². The number of hydrogen-bond acceptors (Lipinski definition) is 6. The highest BCUT2D eigenvalue weighted by atomic mass is 32.2. The highest BCUT2D eigenvalue weighted by molar-refractivity contribution is 7.92. The fraction of sp³-hybridized carbons (Fsp3) is 0.222. The van der Waals surface area contributed by atoms with Crippen LogP contribution in [0.2, 0.25) is 0 Å². The Labute approximate surface area is 174 Å². The lowest BCUT2D eigenvalue weighted by Gasteiger charge is -2.11. The van der Waals surface area contributed by atoms with Gasteiger partial charge in [0.1, 0.15) is 0 Å². The Morgan fingerprint density at radius 3 is 2.10 bits per heavy atom. The van der Waals surface area contributed by atoms with E-state index in [2.05, 4.69) is 14.8 Å². The molecule has 0 bridgehead atoms. The second-order valence-corrected chi connectivity index (χ2v) is 10.1. The molecule has 1 saturated carbocycles. The van der Waals surface area contributed by atoms with Crippen molar-refractivity contribution in [2.45, 2.75) is 28.7 Å². The third kappa shape index (κ3) is 5.55. The third-order valence-corrected chi connectivity index (χ3v) is 7.08. The summed E-state index contributed by atoms with van der Waals surface area (Å²) in [5.41, 5.74) is 5.22. The van der Waals surface area contributed by atoms with E-state index in [9.17, 15) is 26.4 Å². The number of hydrogen-bond donors (Lipinski definition) is 4. The molecule has 5 N–H and O–H groups in total. The van der Waals surface area contributed by atoms with E-state index in [1.54, 1.807) is 0 Å². The number of amides is 2. The molecular weight excluding hydrogens is 432 g/mol. The van der Waals surface area contributed by atoms with Gasteiger partial charge in [0, 0.05) is 17.3 Å². The van der Waals surface area contributed by atoms with Crippen molar-refractivity contribution in [1.29, 1.82) is 0 Å². The van der Waals surface area contributed by atoms with Gasteiger partial charge in [-0.1, -0.05) is 6.07 Å². The SMILES string of the molecule is NC(=O)CNC(=O)c1cccc(NS(=O)(=O)c2ccc(S(=O)(=O)NC3CC3)cc2)c1. The lowest BCUT2D eigenvalue weighted by molar-refractivity contribution is -0.117. The first-order valence-electron chi connectivity index (χ1n) is 8.89. The van der Waals surface area contributed by atoms with Crippen molar-refractivity contribution < 1.29 is 26.4 Å². The Balaban J connectivity index is 1.74. The van der Waals surface area contributed by atoms with Crippen molar-refractivity contribution in [2.24, 2.45) is 5.73 Å². The van der Waals surface area contributed by atoms with Crippen molar-refractivity contribution in [1.82, 2.24) is 10.0 Å². The minimum absolute atomic E-state index is 0.0264. The van der Waals surface area contributed by atoms with Gasteiger partial charge in [0.25, 0.3) is 15.9 Å². The maximum absolute atomic E-state index is 12.6.